The highest BCUT2D eigenvalue weighted by Crippen LogP contribution is 2.42. The number of anilines is 1. The summed E-state index contributed by atoms with van der Waals surface area (Å²) >= 11 is 0. The normalized spacial score (nSPS) is 14.8. The SMILES string of the molecule is COc1cc(N)c2c(c1C(=O)/C=C/c1ccccc1)OC(C)(C)C=C2. The molecule has 0 radical (unpaired) electrons. The molecule has 2 N–H and O–H groups in total. The number of methoxy groups -OCH3 is 1. The molecule has 2 aromatic carbocycles. The second kappa shape index (κ2) is 6.48. The van der Waals surface area contributed by atoms with Crippen molar-refractivity contribution in [3.63, 3.8) is 0 Å². The van der Waals surface area contributed by atoms with Gasteiger partial charge in [0, 0.05) is 17.3 Å². The fourth-order valence-electron chi connectivity index (χ4n) is 2.74. The van der Waals surface area contributed by atoms with E-state index in [0.717, 1.165) is 5.56 Å². The Hall–Kier alpha value is -3.01. The van der Waals surface area contributed by atoms with Crippen molar-refractivity contribution in [1.29, 1.82) is 0 Å². The first-order valence-electron chi connectivity index (χ1n) is 8.07. The first-order valence-corrected chi connectivity index (χ1v) is 8.07. The maximum Gasteiger partial charge on any atom is 0.193 e. The third kappa shape index (κ3) is 3.43. The largest absolute Gasteiger partial charge is 0.496 e. The van der Waals surface area contributed by atoms with Gasteiger partial charge in [0.15, 0.2) is 5.78 Å². The van der Waals surface area contributed by atoms with Gasteiger partial charge in [0.1, 0.15) is 22.7 Å². The van der Waals surface area contributed by atoms with E-state index in [4.69, 9.17) is 15.2 Å². The van der Waals surface area contributed by atoms with E-state index in [0.29, 0.717) is 28.3 Å². The third-order valence-electron chi connectivity index (χ3n) is 4.03. The first kappa shape index (κ1) is 16.8. The molecule has 1 aliphatic heterocycles. The molecule has 0 aliphatic carbocycles. The summed E-state index contributed by atoms with van der Waals surface area (Å²) in [7, 11) is 1.52. The lowest BCUT2D eigenvalue weighted by Gasteiger charge is -2.30. The van der Waals surface area contributed by atoms with Crippen LogP contribution in [0.15, 0.2) is 48.6 Å². The highest BCUT2D eigenvalue weighted by Gasteiger charge is 2.29. The van der Waals surface area contributed by atoms with E-state index in [-0.39, 0.29) is 5.78 Å². The number of rotatable bonds is 4. The maximum atomic E-state index is 12.9. The predicted octanol–water partition coefficient (Wildman–Crippen LogP) is 4.36. The van der Waals surface area contributed by atoms with Crippen LogP contribution in [0.3, 0.4) is 0 Å². The van der Waals surface area contributed by atoms with Crippen molar-refractivity contribution >= 4 is 23.6 Å². The van der Waals surface area contributed by atoms with Crippen molar-refractivity contribution in [2.45, 2.75) is 19.4 Å². The van der Waals surface area contributed by atoms with Gasteiger partial charge in [-0.1, -0.05) is 36.4 Å². The van der Waals surface area contributed by atoms with Crippen LogP contribution in [0.1, 0.15) is 35.3 Å². The van der Waals surface area contributed by atoms with Crippen LogP contribution in [0.2, 0.25) is 0 Å². The topological polar surface area (TPSA) is 61.5 Å². The molecule has 0 unspecified atom stereocenters. The Labute approximate surface area is 147 Å². The van der Waals surface area contributed by atoms with E-state index in [2.05, 4.69) is 0 Å². The van der Waals surface area contributed by atoms with E-state index in [1.54, 1.807) is 12.1 Å². The molecule has 0 atom stereocenters. The lowest BCUT2D eigenvalue weighted by atomic mass is 9.95. The number of nitrogens with two attached hydrogens (primary N) is 1. The van der Waals surface area contributed by atoms with Crippen molar-refractivity contribution in [3.8, 4) is 11.5 Å². The smallest absolute Gasteiger partial charge is 0.193 e. The zero-order valence-corrected chi connectivity index (χ0v) is 14.6. The summed E-state index contributed by atoms with van der Waals surface area (Å²) < 4.78 is 11.4. The molecule has 4 heteroatoms. The van der Waals surface area contributed by atoms with Gasteiger partial charge in [-0.25, -0.2) is 0 Å². The van der Waals surface area contributed by atoms with Gasteiger partial charge in [-0.15, -0.1) is 0 Å². The van der Waals surface area contributed by atoms with Crippen LogP contribution in [0.25, 0.3) is 12.2 Å². The predicted molar refractivity (Wildman–Crippen MR) is 101 cm³/mol. The third-order valence-corrected chi connectivity index (χ3v) is 4.03. The Morgan fingerprint density at radius 2 is 1.96 bits per heavy atom. The fourth-order valence-corrected chi connectivity index (χ4v) is 2.74. The zero-order valence-electron chi connectivity index (χ0n) is 14.6. The summed E-state index contributed by atoms with van der Waals surface area (Å²) in [4.78, 5) is 12.9. The second-order valence-corrected chi connectivity index (χ2v) is 6.43. The molecule has 0 saturated carbocycles. The molecular weight excluding hydrogens is 314 g/mol. The van der Waals surface area contributed by atoms with Crippen LogP contribution in [0, 0.1) is 0 Å². The molecule has 4 nitrogen and oxygen atoms in total. The van der Waals surface area contributed by atoms with Crippen molar-refractivity contribution in [3.05, 3.63) is 65.2 Å². The van der Waals surface area contributed by atoms with E-state index >= 15 is 0 Å². The molecule has 25 heavy (non-hydrogen) atoms. The summed E-state index contributed by atoms with van der Waals surface area (Å²) in [6, 6.07) is 11.3. The summed E-state index contributed by atoms with van der Waals surface area (Å²) in [5, 5.41) is 0. The Morgan fingerprint density at radius 3 is 2.64 bits per heavy atom. The molecule has 128 valence electrons. The summed E-state index contributed by atoms with van der Waals surface area (Å²) in [6.45, 7) is 3.85. The number of benzene rings is 2. The van der Waals surface area contributed by atoms with Gasteiger partial charge in [0.05, 0.1) is 7.11 Å². The summed E-state index contributed by atoms with van der Waals surface area (Å²) in [5.41, 5.74) is 8.13. The number of nitrogen functional groups attached to an aromatic ring is 1. The first-order chi connectivity index (χ1) is 11.9. The molecule has 2 aromatic rings. The summed E-state index contributed by atoms with van der Waals surface area (Å²) in [5.74, 6) is 0.681. The van der Waals surface area contributed by atoms with Crippen LogP contribution in [-0.2, 0) is 0 Å². The molecule has 3 rings (SSSR count). The van der Waals surface area contributed by atoms with Crippen LogP contribution in [-0.4, -0.2) is 18.5 Å². The molecule has 0 saturated heterocycles. The minimum absolute atomic E-state index is 0.192. The zero-order chi connectivity index (χ0) is 18.0. The van der Waals surface area contributed by atoms with Gasteiger partial charge in [-0.05, 0) is 37.6 Å². The number of fused-ring (bicyclic) bond motifs is 1. The Balaban J connectivity index is 2.07. The molecule has 0 aromatic heterocycles. The second-order valence-electron chi connectivity index (χ2n) is 6.43. The summed E-state index contributed by atoms with van der Waals surface area (Å²) in [6.07, 6.45) is 7.12. The minimum atomic E-state index is -0.524. The molecule has 0 bridgehead atoms. The number of ether oxygens (including phenoxy) is 2. The van der Waals surface area contributed by atoms with E-state index in [9.17, 15) is 4.79 Å². The number of hydrogen-bond acceptors (Lipinski definition) is 4. The standard InChI is InChI=1S/C21H21NO3/c1-21(2)12-11-15-16(22)13-18(24-3)19(20(15)25-21)17(23)10-9-14-7-5-4-6-8-14/h4-13H,22H2,1-3H3/b10-9+. The van der Waals surface area contributed by atoms with E-state index < -0.39 is 5.60 Å². The van der Waals surface area contributed by atoms with E-state index in [1.807, 2.05) is 56.3 Å². The highest BCUT2D eigenvalue weighted by molar-refractivity contribution is 6.12. The Morgan fingerprint density at radius 1 is 1.24 bits per heavy atom. The highest BCUT2D eigenvalue weighted by atomic mass is 16.5. The van der Waals surface area contributed by atoms with E-state index in [1.165, 1.54) is 13.2 Å². The van der Waals surface area contributed by atoms with Crippen molar-refractivity contribution in [2.75, 3.05) is 12.8 Å². The number of ketones is 1. The minimum Gasteiger partial charge on any atom is -0.496 e. The molecule has 1 aliphatic rings. The van der Waals surface area contributed by atoms with Gasteiger partial charge >= 0.3 is 0 Å². The monoisotopic (exact) mass is 335 g/mol. The Bertz CT molecular complexity index is 864. The lowest BCUT2D eigenvalue weighted by molar-refractivity contribution is 0.103. The Kier molecular flexibility index (Phi) is 4.36. The van der Waals surface area contributed by atoms with Crippen LogP contribution in [0.4, 0.5) is 5.69 Å². The number of hydrogen-bond donors (Lipinski definition) is 1. The van der Waals surface area contributed by atoms with Gasteiger partial charge in [-0.2, -0.15) is 0 Å². The maximum absolute atomic E-state index is 12.9. The van der Waals surface area contributed by atoms with Gasteiger partial charge < -0.3 is 15.2 Å². The van der Waals surface area contributed by atoms with Gasteiger partial charge in [-0.3, -0.25) is 4.79 Å². The van der Waals surface area contributed by atoms with Crippen LogP contribution < -0.4 is 15.2 Å². The quantitative estimate of drug-likeness (QED) is 0.512. The lowest BCUT2D eigenvalue weighted by Crippen LogP contribution is -2.29. The molecule has 0 spiro atoms. The number of carbonyl (C=O) groups excluding carboxylic acids is 1. The van der Waals surface area contributed by atoms with Crippen molar-refractivity contribution in [2.24, 2.45) is 0 Å². The van der Waals surface area contributed by atoms with Crippen molar-refractivity contribution < 1.29 is 14.3 Å². The number of carbonyl (C=O) groups is 1. The molecular formula is C21H21NO3. The number of allylic oxidation sites excluding steroid dienone is 1. The molecule has 0 amide bonds. The van der Waals surface area contributed by atoms with Crippen LogP contribution in [0.5, 0.6) is 11.5 Å². The van der Waals surface area contributed by atoms with Crippen molar-refractivity contribution in [1.82, 2.24) is 0 Å². The van der Waals surface area contributed by atoms with Gasteiger partial charge in [0.25, 0.3) is 0 Å². The average molecular weight is 335 g/mol. The van der Waals surface area contributed by atoms with Gasteiger partial charge in [0.2, 0.25) is 0 Å². The average Bonchev–Trinajstić information content (AvgIpc) is 2.59. The molecule has 1 heterocycles. The fraction of sp³-hybridized carbons (Fsp3) is 0.190. The van der Waals surface area contributed by atoms with Crippen LogP contribution >= 0.6 is 0 Å². The molecule has 0 fully saturated rings.